The maximum absolute atomic E-state index is 13.4. The number of nitrogens with one attached hydrogen (secondary N) is 1. The highest BCUT2D eigenvalue weighted by molar-refractivity contribution is 7.89. The molecule has 10 heteroatoms. The Morgan fingerprint density at radius 2 is 1.64 bits per heavy atom. The monoisotopic (exact) mass is 476 g/mol. The molecule has 0 aliphatic carbocycles. The van der Waals surface area contributed by atoms with Crippen LogP contribution in [0.25, 0.3) is 0 Å². The van der Waals surface area contributed by atoms with Gasteiger partial charge in [0.05, 0.1) is 11.4 Å². The van der Waals surface area contributed by atoms with Crippen molar-refractivity contribution in [2.75, 3.05) is 33.1 Å². The zero-order chi connectivity index (χ0) is 23.4. The van der Waals surface area contributed by atoms with Crippen LogP contribution in [0, 0.1) is 5.92 Å². The molecule has 9 nitrogen and oxygen atoms in total. The van der Waals surface area contributed by atoms with Gasteiger partial charge in [-0.25, -0.2) is 8.42 Å². The second-order valence-electron chi connectivity index (χ2n) is 8.29. The molecular formula is C23H28N2O7S. The van der Waals surface area contributed by atoms with Gasteiger partial charge in [-0.15, -0.1) is 0 Å². The van der Waals surface area contributed by atoms with Crippen molar-refractivity contribution in [3.05, 3.63) is 42.0 Å². The molecule has 2 heterocycles. The van der Waals surface area contributed by atoms with Crippen LogP contribution in [-0.2, 0) is 21.4 Å². The van der Waals surface area contributed by atoms with E-state index in [1.807, 2.05) is 19.9 Å². The lowest BCUT2D eigenvalue weighted by atomic mass is 10.1. The minimum atomic E-state index is -3.92. The van der Waals surface area contributed by atoms with E-state index in [9.17, 15) is 13.2 Å². The van der Waals surface area contributed by atoms with Gasteiger partial charge >= 0.3 is 0 Å². The van der Waals surface area contributed by atoms with Crippen LogP contribution in [0.4, 0.5) is 0 Å². The van der Waals surface area contributed by atoms with E-state index in [0.29, 0.717) is 42.6 Å². The van der Waals surface area contributed by atoms with Gasteiger partial charge in [-0.05, 0) is 42.2 Å². The van der Waals surface area contributed by atoms with Gasteiger partial charge in [-0.2, -0.15) is 4.31 Å². The standard InChI is InChI=1S/C23H28N2O7S/c1-16(2)7-8-25(33(27,28)18-4-6-19-22(12-18)30-10-9-29-19)14-23(26)24-13-17-3-5-20-21(11-17)32-15-31-20/h3-6,11-12,16H,7-10,13-15H2,1-2H3,(H,24,26). The number of benzene rings is 2. The van der Waals surface area contributed by atoms with Gasteiger partial charge in [0.1, 0.15) is 13.2 Å². The summed E-state index contributed by atoms with van der Waals surface area (Å²) in [5.74, 6) is 2.07. The minimum Gasteiger partial charge on any atom is -0.486 e. The molecule has 1 amide bonds. The average molecular weight is 477 g/mol. The topological polar surface area (TPSA) is 103 Å². The van der Waals surface area contributed by atoms with E-state index < -0.39 is 15.9 Å². The number of ether oxygens (including phenoxy) is 4. The number of amides is 1. The normalized spacial score (nSPS) is 14.5. The SMILES string of the molecule is CC(C)CCN(CC(=O)NCc1ccc2c(c1)OCO2)S(=O)(=O)c1ccc2c(c1)OCCO2. The smallest absolute Gasteiger partial charge is 0.243 e. The van der Waals surface area contributed by atoms with Crippen molar-refractivity contribution >= 4 is 15.9 Å². The molecule has 1 N–H and O–H groups in total. The second-order valence-corrected chi connectivity index (χ2v) is 10.2. The molecule has 4 rings (SSSR count). The van der Waals surface area contributed by atoms with Crippen LogP contribution in [0.15, 0.2) is 41.3 Å². The van der Waals surface area contributed by atoms with E-state index in [2.05, 4.69) is 5.32 Å². The molecule has 0 bridgehead atoms. The maximum atomic E-state index is 13.4. The number of nitrogens with zero attached hydrogens (tertiary/aromatic N) is 1. The van der Waals surface area contributed by atoms with Gasteiger partial charge in [0.2, 0.25) is 22.7 Å². The third kappa shape index (κ3) is 5.51. The van der Waals surface area contributed by atoms with Crippen molar-refractivity contribution in [1.29, 1.82) is 0 Å². The largest absolute Gasteiger partial charge is 0.486 e. The molecular weight excluding hydrogens is 448 g/mol. The van der Waals surface area contributed by atoms with E-state index in [-0.39, 0.29) is 37.2 Å². The highest BCUT2D eigenvalue weighted by Crippen LogP contribution is 2.34. The maximum Gasteiger partial charge on any atom is 0.243 e. The quantitative estimate of drug-likeness (QED) is 0.593. The Kier molecular flexibility index (Phi) is 6.94. The lowest BCUT2D eigenvalue weighted by molar-refractivity contribution is -0.121. The van der Waals surface area contributed by atoms with Gasteiger partial charge in [0.15, 0.2) is 23.0 Å². The van der Waals surface area contributed by atoms with Crippen molar-refractivity contribution in [2.45, 2.75) is 31.7 Å². The molecule has 33 heavy (non-hydrogen) atoms. The van der Waals surface area contributed by atoms with E-state index in [1.54, 1.807) is 18.2 Å². The Labute approximate surface area is 193 Å². The summed E-state index contributed by atoms with van der Waals surface area (Å²) >= 11 is 0. The number of hydrogen-bond acceptors (Lipinski definition) is 7. The molecule has 2 aromatic rings. The van der Waals surface area contributed by atoms with Crippen molar-refractivity contribution in [3.63, 3.8) is 0 Å². The molecule has 2 aromatic carbocycles. The van der Waals surface area contributed by atoms with Crippen molar-refractivity contribution in [3.8, 4) is 23.0 Å². The van der Waals surface area contributed by atoms with E-state index >= 15 is 0 Å². The summed E-state index contributed by atoms with van der Waals surface area (Å²) in [7, 11) is -3.92. The van der Waals surface area contributed by atoms with Crippen LogP contribution in [0.1, 0.15) is 25.8 Å². The predicted octanol–water partition coefficient (Wildman–Crippen LogP) is 2.54. The fourth-order valence-corrected chi connectivity index (χ4v) is 4.91. The first-order chi connectivity index (χ1) is 15.8. The lowest BCUT2D eigenvalue weighted by Gasteiger charge is -2.24. The van der Waals surface area contributed by atoms with Crippen LogP contribution in [-0.4, -0.2) is 51.7 Å². The summed E-state index contributed by atoms with van der Waals surface area (Å²) in [6.07, 6.45) is 0.624. The third-order valence-corrected chi connectivity index (χ3v) is 7.20. The number of carbonyl (C=O) groups excluding carboxylic acids is 1. The first kappa shape index (κ1) is 23.2. The summed E-state index contributed by atoms with van der Waals surface area (Å²) < 4.78 is 49.7. The van der Waals surface area contributed by atoms with E-state index in [1.165, 1.54) is 16.4 Å². The van der Waals surface area contributed by atoms with Gasteiger partial charge in [0.25, 0.3) is 0 Å². The Morgan fingerprint density at radius 1 is 0.970 bits per heavy atom. The molecule has 178 valence electrons. The van der Waals surface area contributed by atoms with Gasteiger partial charge < -0.3 is 24.3 Å². The number of rotatable bonds is 9. The Hall–Kier alpha value is -2.98. The van der Waals surface area contributed by atoms with Gasteiger partial charge in [-0.1, -0.05) is 19.9 Å². The Balaban J connectivity index is 1.46. The van der Waals surface area contributed by atoms with Crippen molar-refractivity contribution in [1.82, 2.24) is 9.62 Å². The molecule has 0 spiro atoms. The number of hydrogen-bond donors (Lipinski definition) is 1. The molecule has 0 fully saturated rings. The zero-order valence-electron chi connectivity index (χ0n) is 18.7. The van der Waals surface area contributed by atoms with Crippen LogP contribution < -0.4 is 24.3 Å². The highest BCUT2D eigenvalue weighted by atomic mass is 32.2. The predicted molar refractivity (Wildman–Crippen MR) is 120 cm³/mol. The molecule has 0 atom stereocenters. The first-order valence-electron chi connectivity index (χ1n) is 10.9. The average Bonchev–Trinajstić information content (AvgIpc) is 3.27. The number of fused-ring (bicyclic) bond motifs is 2. The molecule has 0 saturated heterocycles. The summed E-state index contributed by atoms with van der Waals surface area (Å²) in [4.78, 5) is 12.8. The summed E-state index contributed by atoms with van der Waals surface area (Å²) in [5, 5.41) is 2.80. The fourth-order valence-electron chi connectivity index (χ4n) is 3.49. The van der Waals surface area contributed by atoms with E-state index in [4.69, 9.17) is 18.9 Å². The van der Waals surface area contributed by atoms with Crippen LogP contribution in [0.2, 0.25) is 0 Å². The van der Waals surface area contributed by atoms with Gasteiger partial charge in [0, 0.05) is 19.2 Å². The number of carbonyl (C=O) groups is 1. The van der Waals surface area contributed by atoms with Crippen LogP contribution in [0.3, 0.4) is 0 Å². The fraction of sp³-hybridized carbons (Fsp3) is 0.435. The van der Waals surface area contributed by atoms with Crippen LogP contribution >= 0.6 is 0 Å². The van der Waals surface area contributed by atoms with Crippen molar-refractivity contribution < 1.29 is 32.2 Å². The molecule has 0 radical (unpaired) electrons. The summed E-state index contributed by atoms with van der Waals surface area (Å²) in [5.41, 5.74) is 0.830. The highest BCUT2D eigenvalue weighted by Gasteiger charge is 2.28. The Bertz CT molecular complexity index is 1120. The molecule has 2 aliphatic rings. The lowest BCUT2D eigenvalue weighted by Crippen LogP contribution is -2.41. The minimum absolute atomic E-state index is 0.0686. The summed E-state index contributed by atoms with van der Waals surface area (Å²) in [6, 6.07) is 9.93. The Morgan fingerprint density at radius 3 is 2.42 bits per heavy atom. The number of sulfonamides is 1. The molecule has 2 aliphatic heterocycles. The van der Waals surface area contributed by atoms with Crippen LogP contribution in [0.5, 0.6) is 23.0 Å². The zero-order valence-corrected chi connectivity index (χ0v) is 19.5. The van der Waals surface area contributed by atoms with Crippen molar-refractivity contribution in [2.24, 2.45) is 5.92 Å². The second kappa shape index (κ2) is 9.88. The van der Waals surface area contributed by atoms with E-state index in [0.717, 1.165) is 5.56 Å². The molecule has 0 saturated carbocycles. The van der Waals surface area contributed by atoms with Gasteiger partial charge in [-0.3, -0.25) is 4.79 Å². The summed E-state index contributed by atoms with van der Waals surface area (Å²) in [6.45, 7) is 5.16. The molecule has 0 unspecified atom stereocenters. The first-order valence-corrected chi connectivity index (χ1v) is 12.3. The molecule has 0 aromatic heterocycles. The third-order valence-electron chi connectivity index (χ3n) is 5.35.